The topological polar surface area (TPSA) is 128 Å². The van der Waals surface area contributed by atoms with Gasteiger partial charge in [0.15, 0.2) is 0 Å². The van der Waals surface area contributed by atoms with Crippen molar-refractivity contribution in [1.82, 2.24) is 9.80 Å². The van der Waals surface area contributed by atoms with Crippen LogP contribution in [-0.4, -0.2) is 42.1 Å². The number of hydrogen-bond donors (Lipinski definition) is 2. The van der Waals surface area contributed by atoms with Crippen molar-refractivity contribution in [2.45, 2.75) is 13.1 Å². The highest BCUT2D eigenvalue weighted by Crippen LogP contribution is 2.16. The summed E-state index contributed by atoms with van der Waals surface area (Å²) in [7, 11) is 3.05. The fourth-order valence-electron chi connectivity index (χ4n) is 2.45. The van der Waals surface area contributed by atoms with Crippen molar-refractivity contribution in [2.24, 2.45) is 11.5 Å². The summed E-state index contributed by atoms with van der Waals surface area (Å²) in [5.74, 6) is 1.25. The molecule has 0 heterocycles. The predicted octanol–water partition coefficient (Wildman–Crippen LogP) is 2.29. The highest BCUT2D eigenvalue weighted by molar-refractivity contribution is 6.00. The Kier molecular flexibility index (Phi) is 6.80. The van der Waals surface area contributed by atoms with Crippen LogP contribution in [0.15, 0.2) is 48.5 Å². The second-order valence-corrected chi connectivity index (χ2v) is 5.83. The lowest BCUT2D eigenvalue weighted by Gasteiger charge is -2.26. The molecule has 0 unspecified atom stereocenters. The number of imide groups is 2. The van der Waals surface area contributed by atoms with Gasteiger partial charge in [0, 0.05) is 0 Å². The van der Waals surface area contributed by atoms with Crippen molar-refractivity contribution >= 4 is 18.1 Å². The summed E-state index contributed by atoms with van der Waals surface area (Å²) in [6, 6.07) is 10.5. The number of hydrogen-bond acceptors (Lipinski definition) is 5. The van der Waals surface area contributed by atoms with Crippen LogP contribution in [0.25, 0.3) is 0 Å². The molecule has 0 spiro atoms. The van der Waals surface area contributed by atoms with Gasteiger partial charge in [-0.25, -0.2) is 24.2 Å². The summed E-state index contributed by atoms with van der Waals surface area (Å²) in [6.07, 6.45) is 0. The molecule has 0 aliphatic carbocycles. The number of ether oxygens (including phenoxy) is 2. The highest BCUT2D eigenvalue weighted by atomic mass is 16.5. The summed E-state index contributed by atoms with van der Waals surface area (Å²) in [5, 5.41) is 0. The molecule has 0 radical (unpaired) electrons. The van der Waals surface area contributed by atoms with Crippen molar-refractivity contribution in [3.05, 3.63) is 59.7 Å². The van der Waals surface area contributed by atoms with Crippen LogP contribution in [0.2, 0.25) is 0 Å². The zero-order valence-corrected chi connectivity index (χ0v) is 15.6. The molecule has 0 saturated carbocycles. The molecule has 0 aliphatic rings. The van der Waals surface area contributed by atoms with Crippen molar-refractivity contribution in [3.63, 3.8) is 0 Å². The Hall–Kier alpha value is -3.75. The van der Waals surface area contributed by atoms with Crippen LogP contribution in [0.1, 0.15) is 11.1 Å². The molecule has 4 N–H and O–H groups in total. The first kappa shape index (κ1) is 20.6. The normalized spacial score (nSPS) is 10.1. The van der Waals surface area contributed by atoms with Crippen molar-refractivity contribution < 1.29 is 23.9 Å². The average molecular weight is 386 g/mol. The summed E-state index contributed by atoms with van der Waals surface area (Å²) >= 11 is 0. The number of carbonyl (C=O) groups excluding carboxylic acids is 3. The van der Waals surface area contributed by atoms with Gasteiger partial charge in [-0.3, -0.25) is 0 Å². The van der Waals surface area contributed by atoms with E-state index >= 15 is 0 Å². The third kappa shape index (κ3) is 5.13. The lowest BCUT2D eigenvalue weighted by molar-refractivity contribution is 0.157. The monoisotopic (exact) mass is 386 g/mol. The van der Waals surface area contributed by atoms with Gasteiger partial charge in [0.05, 0.1) is 27.3 Å². The van der Waals surface area contributed by atoms with Crippen LogP contribution >= 0.6 is 0 Å². The number of urea groups is 3. The molecule has 28 heavy (non-hydrogen) atoms. The highest BCUT2D eigenvalue weighted by Gasteiger charge is 2.28. The Bertz CT molecular complexity index is 767. The smallest absolute Gasteiger partial charge is 0.336 e. The molecule has 0 fully saturated rings. The van der Waals surface area contributed by atoms with E-state index in [2.05, 4.69) is 0 Å². The second-order valence-electron chi connectivity index (χ2n) is 5.83. The Morgan fingerprint density at radius 1 is 0.714 bits per heavy atom. The van der Waals surface area contributed by atoms with Crippen molar-refractivity contribution in [2.75, 3.05) is 14.2 Å². The molecule has 9 nitrogen and oxygen atoms in total. The van der Waals surface area contributed by atoms with Crippen LogP contribution in [0, 0.1) is 0 Å². The van der Waals surface area contributed by atoms with Gasteiger partial charge in [-0.05, 0) is 35.4 Å². The molecule has 0 atom stereocenters. The van der Waals surface area contributed by atoms with Gasteiger partial charge in [0.25, 0.3) is 0 Å². The lowest BCUT2D eigenvalue weighted by Crippen LogP contribution is -2.51. The molecular formula is C19H22N4O5. The van der Waals surface area contributed by atoms with Crippen LogP contribution < -0.4 is 20.9 Å². The number of rotatable bonds is 6. The molecule has 148 valence electrons. The largest absolute Gasteiger partial charge is 0.497 e. The van der Waals surface area contributed by atoms with E-state index in [-0.39, 0.29) is 13.1 Å². The van der Waals surface area contributed by atoms with Crippen LogP contribution in [-0.2, 0) is 13.1 Å². The third-order valence-electron chi connectivity index (χ3n) is 3.99. The van der Waals surface area contributed by atoms with Gasteiger partial charge in [0.2, 0.25) is 0 Å². The van der Waals surface area contributed by atoms with Gasteiger partial charge < -0.3 is 20.9 Å². The van der Waals surface area contributed by atoms with Crippen LogP contribution in [0.5, 0.6) is 11.5 Å². The minimum atomic E-state index is -0.998. The van der Waals surface area contributed by atoms with Gasteiger partial charge in [-0.1, -0.05) is 24.3 Å². The Balaban J connectivity index is 2.20. The van der Waals surface area contributed by atoms with Crippen LogP contribution in [0.3, 0.4) is 0 Å². The SMILES string of the molecule is COc1ccc(CN(C(N)=O)C(=O)N(Cc2ccc(OC)cc2)C(N)=O)cc1. The molecule has 2 aromatic carbocycles. The Morgan fingerprint density at radius 3 is 1.29 bits per heavy atom. The van der Waals surface area contributed by atoms with Gasteiger partial charge in [0.1, 0.15) is 11.5 Å². The minimum Gasteiger partial charge on any atom is -0.497 e. The van der Waals surface area contributed by atoms with E-state index < -0.39 is 18.1 Å². The fraction of sp³-hybridized carbons (Fsp3) is 0.211. The molecular weight excluding hydrogens is 364 g/mol. The van der Waals surface area contributed by atoms with Crippen molar-refractivity contribution in [3.8, 4) is 11.5 Å². The third-order valence-corrected chi connectivity index (χ3v) is 3.99. The molecule has 0 saturated heterocycles. The standard InChI is InChI=1S/C19H22N4O5/c1-27-15-7-3-13(4-8-15)11-22(17(20)24)19(26)23(18(21)25)12-14-5-9-16(28-2)10-6-14/h3-10H,11-12H2,1-2H3,(H2,20,24)(H2,21,25). The van der Waals surface area contributed by atoms with Crippen LogP contribution in [0.4, 0.5) is 14.4 Å². The van der Waals surface area contributed by atoms with E-state index in [1.165, 1.54) is 14.2 Å². The predicted molar refractivity (Wildman–Crippen MR) is 102 cm³/mol. The minimum absolute atomic E-state index is 0.120. The second kappa shape index (κ2) is 9.26. The van der Waals surface area contributed by atoms with E-state index in [1.54, 1.807) is 48.5 Å². The zero-order valence-electron chi connectivity index (χ0n) is 15.6. The molecule has 6 amide bonds. The quantitative estimate of drug-likeness (QED) is 0.787. The first-order chi connectivity index (χ1) is 13.3. The summed E-state index contributed by atoms with van der Waals surface area (Å²) < 4.78 is 10.1. The first-order valence-corrected chi connectivity index (χ1v) is 8.29. The number of methoxy groups -OCH3 is 2. The van der Waals surface area contributed by atoms with Crippen molar-refractivity contribution in [1.29, 1.82) is 0 Å². The molecule has 2 aromatic rings. The van der Waals surface area contributed by atoms with E-state index in [4.69, 9.17) is 20.9 Å². The summed E-state index contributed by atoms with van der Waals surface area (Å²) in [6.45, 7) is -0.241. The van der Waals surface area contributed by atoms with Gasteiger partial charge in [-0.15, -0.1) is 0 Å². The number of primary amides is 2. The van der Waals surface area contributed by atoms with E-state index in [1.807, 2.05) is 0 Å². The maximum Gasteiger partial charge on any atom is 0.336 e. The Morgan fingerprint density at radius 2 is 1.04 bits per heavy atom. The molecule has 9 heteroatoms. The molecule has 0 bridgehead atoms. The van der Waals surface area contributed by atoms with Gasteiger partial charge in [-0.2, -0.15) is 0 Å². The number of carbonyl (C=O) groups is 3. The Labute approximate surface area is 162 Å². The molecule has 2 rings (SSSR count). The summed E-state index contributed by atoms with van der Waals surface area (Å²) in [5.41, 5.74) is 12.0. The number of nitrogens with zero attached hydrogens (tertiary/aromatic N) is 2. The fourth-order valence-corrected chi connectivity index (χ4v) is 2.45. The summed E-state index contributed by atoms with van der Waals surface area (Å²) in [4.78, 5) is 38.0. The van der Waals surface area contributed by atoms with E-state index in [9.17, 15) is 14.4 Å². The zero-order chi connectivity index (χ0) is 20.7. The lowest BCUT2D eigenvalue weighted by atomic mass is 10.2. The van der Waals surface area contributed by atoms with E-state index in [0.717, 1.165) is 9.80 Å². The number of nitrogens with two attached hydrogens (primary N) is 2. The average Bonchev–Trinajstić information content (AvgIpc) is 2.70. The first-order valence-electron chi connectivity index (χ1n) is 8.29. The van der Waals surface area contributed by atoms with Gasteiger partial charge >= 0.3 is 18.1 Å². The molecule has 0 aromatic heterocycles. The number of benzene rings is 2. The maximum atomic E-state index is 12.8. The van der Waals surface area contributed by atoms with E-state index in [0.29, 0.717) is 22.6 Å². The maximum absolute atomic E-state index is 12.8. The molecule has 0 aliphatic heterocycles. The number of amides is 6.